The molecule has 0 spiro atoms. The van der Waals surface area contributed by atoms with E-state index in [1.807, 2.05) is 0 Å². The molecular weight excluding hydrogens is 267 g/mol. The summed E-state index contributed by atoms with van der Waals surface area (Å²) >= 11 is 0. The second-order valence-corrected chi connectivity index (χ2v) is 6.74. The van der Waals surface area contributed by atoms with Crippen LogP contribution < -0.4 is 5.32 Å². The number of halogens is 3. The zero-order chi connectivity index (χ0) is 14.2. The molecule has 3 rings (SSSR count). The average molecular weight is 291 g/mol. The summed E-state index contributed by atoms with van der Waals surface area (Å²) in [6.07, 6.45) is 2.92. The van der Waals surface area contributed by atoms with Crippen molar-refractivity contribution in [1.29, 1.82) is 0 Å². The molecular formula is C15H24F3NO. The van der Waals surface area contributed by atoms with Crippen molar-refractivity contribution < 1.29 is 17.9 Å². The third-order valence-electron chi connectivity index (χ3n) is 5.07. The fraction of sp³-hybridized carbons (Fsp3) is 1.00. The lowest BCUT2D eigenvalue weighted by Crippen LogP contribution is -2.47. The highest BCUT2D eigenvalue weighted by Gasteiger charge is 2.43. The van der Waals surface area contributed by atoms with Crippen LogP contribution in [-0.4, -0.2) is 31.0 Å². The first-order chi connectivity index (χ1) is 9.52. The molecule has 4 atom stereocenters. The van der Waals surface area contributed by atoms with Crippen molar-refractivity contribution in [3.05, 3.63) is 0 Å². The van der Waals surface area contributed by atoms with Gasteiger partial charge in [-0.05, 0) is 50.9 Å². The molecule has 2 aliphatic carbocycles. The van der Waals surface area contributed by atoms with E-state index in [0.29, 0.717) is 30.9 Å². The zero-order valence-corrected chi connectivity index (χ0v) is 11.8. The van der Waals surface area contributed by atoms with Crippen LogP contribution in [0.3, 0.4) is 0 Å². The predicted octanol–water partition coefficient (Wildman–Crippen LogP) is 3.65. The normalized spacial score (nSPS) is 39.8. The Labute approximate surface area is 118 Å². The van der Waals surface area contributed by atoms with Gasteiger partial charge in [-0.15, -0.1) is 0 Å². The third kappa shape index (κ3) is 3.67. The molecule has 0 radical (unpaired) electrons. The molecule has 0 aromatic heterocycles. The topological polar surface area (TPSA) is 21.3 Å². The summed E-state index contributed by atoms with van der Waals surface area (Å²) < 4.78 is 44.2. The Morgan fingerprint density at radius 1 is 0.900 bits per heavy atom. The highest BCUT2D eigenvalue weighted by atomic mass is 19.4. The van der Waals surface area contributed by atoms with E-state index in [4.69, 9.17) is 4.74 Å². The first-order valence-corrected chi connectivity index (χ1v) is 7.96. The first kappa shape index (κ1) is 14.6. The van der Waals surface area contributed by atoms with Gasteiger partial charge in [-0.1, -0.05) is 6.42 Å². The van der Waals surface area contributed by atoms with Crippen molar-refractivity contribution in [2.45, 2.75) is 75.7 Å². The van der Waals surface area contributed by atoms with Crippen LogP contribution in [0.4, 0.5) is 13.2 Å². The van der Waals surface area contributed by atoms with Gasteiger partial charge in [-0.2, -0.15) is 13.2 Å². The Hall–Kier alpha value is -0.290. The van der Waals surface area contributed by atoms with E-state index in [0.717, 1.165) is 25.9 Å². The van der Waals surface area contributed by atoms with Crippen LogP contribution in [0.5, 0.6) is 0 Å². The number of hydrogen-bond acceptors (Lipinski definition) is 2. The van der Waals surface area contributed by atoms with Crippen LogP contribution in [0.25, 0.3) is 0 Å². The average Bonchev–Trinajstić information content (AvgIpc) is 3.23. The third-order valence-corrected chi connectivity index (χ3v) is 5.07. The van der Waals surface area contributed by atoms with E-state index in [9.17, 15) is 13.2 Å². The number of nitrogens with one attached hydrogen (secondary N) is 1. The second kappa shape index (κ2) is 5.84. The van der Waals surface area contributed by atoms with E-state index in [1.165, 1.54) is 12.8 Å². The maximum atomic E-state index is 12.8. The highest BCUT2D eigenvalue weighted by molar-refractivity contribution is 4.90. The molecule has 0 amide bonds. The van der Waals surface area contributed by atoms with Gasteiger partial charge in [0.25, 0.3) is 0 Å². The number of hydrogen-bond donors (Lipinski definition) is 1. The molecule has 3 fully saturated rings. The SMILES string of the molecule is FC(F)(F)[C@@H]1CCC[C@H](N[C@@H]2CCO[C@H](C3CC3)C2)C1. The molecule has 5 heteroatoms. The molecule has 0 aromatic carbocycles. The van der Waals surface area contributed by atoms with Crippen molar-refractivity contribution in [1.82, 2.24) is 5.32 Å². The smallest absolute Gasteiger partial charge is 0.378 e. The van der Waals surface area contributed by atoms with Crippen LogP contribution in [0.15, 0.2) is 0 Å². The Morgan fingerprint density at radius 3 is 2.35 bits per heavy atom. The summed E-state index contributed by atoms with van der Waals surface area (Å²) in [4.78, 5) is 0. The maximum absolute atomic E-state index is 12.8. The van der Waals surface area contributed by atoms with Gasteiger partial charge in [0.15, 0.2) is 0 Å². The summed E-state index contributed by atoms with van der Waals surface area (Å²) in [5.41, 5.74) is 0. The fourth-order valence-electron chi connectivity index (χ4n) is 3.75. The van der Waals surface area contributed by atoms with Crippen molar-refractivity contribution in [2.75, 3.05) is 6.61 Å². The summed E-state index contributed by atoms with van der Waals surface area (Å²) in [6.45, 7) is 0.758. The van der Waals surface area contributed by atoms with Crippen LogP contribution in [0.1, 0.15) is 51.4 Å². The van der Waals surface area contributed by atoms with Gasteiger partial charge in [0, 0.05) is 18.7 Å². The largest absolute Gasteiger partial charge is 0.391 e. The monoisotopic (exact) mass is 291 g/mol. The number of rotatable bonds is 3. The molecule has 0 unspecified atom stereocenters. The van der Waals surface area contributed by atoms with Crippen LogP contribution in [0.2, 0.25) is 0 Å². The lowest BCUT2D eigenvalue weighted by Gasteiger charge is -2.37. The van der Waals surface area contributed by atoms with Crippen LogP contribution in [-0.2, 0) is 4.74 Å². The van der Waals surface area contributed by atoms with Gasteiger partial charge >= 0.3 is 6.18 Å². The molecule has 0 aromatic rings. The molecule has 20 heavy (non-hydrogen) atoms. The zero-order valence-electron chi connectivity index (χ0n) is 11.8. The molecule has 2 saturated carbocycles. The maximum Gasteiger partial charge on any atom is 0.391 e. The molecule has 1 N–H and O–H groups in total. The van der Waals surface area contributed by atoms with Gasteiger partial charge in [0.05, 0.1) is 12.0 Å². The van der Waals surface area contributed by atoms with Crippen molar-refractivity contribution in [3.8, 4) is 0 Å². The summed E-state index contributed by atoms with van der Waals surface area (Å²) in [5, 5.41) is 3.49. The molecule has 2 nitrogen and oxygen atoms in total. The Balaban J connectivity index is 1.49. The highest BCUT2D eigenvalue weighted by Crippen LogP contribution is 2.40. The second-order valence-electron chi connectivity index (χ2n) is 6.74. The van der Waals surface area contributed by atoms with Gasteiger partial charge < -0.3 is 10.1 Å². The molecule has 3 aliphatic rings. The van der Waals surface area contributed by atoms with Crippen LogP contribution >= 0.6 is 0 Å². The standard InChI is InChI=1S/C15H24F3NO/c16-15(17,18)11-2-1-3-12(8-11)19-13-6-7-20-14(9-13)10-4-5-10/h10-14,19H,1-9H2/t11-,12+,13-,14+/m1/s1. The van der Waals surface area contributed by atoms with Gasteiger partial charge in [-0.25, -0.2) is 0 Å². The molecule has 0 bridgehead atoms. The summed E-state index contributed by atoms with van der Waals surface area (Å²) in [7, 11) is 0. The molecule has 1 heterocycles. The minimum atomic E-state index is -4.02. The summed E-state index contributed by atoms with van der Waals surface area (Å²) in [6, 6.07) is 0.393. The van der Waals surface area contributed by atoms with E-state index < -0.39 is 12.1 Å². The van der Waals surface area contributed by atoms with Crippen molar-refractivity contribution in [3.63, 3.8) is 0 Å². The molecule has 1 saturated heterocycles. The minimum absolute atomic E-state index is 0.0401. The fourth-order valence-corrected chi connectivity index (χ4v) is 3.75. The Bertz CT molecular complexity index is 330. The Kier molecular flexibility index (Phi) is 4.27. The Morgan fingerprint density at radius 2 is 1.65 bits per heavy atom. The quantitative estimate of drug-likeness (QED) is 0.857. The van der Waals surface area contributed by atoms with Gasteiger partial charge in [0.2, 0.25) is 0 Å². The minimum Gasteiger partial charge on any atom is -0.378 e. The number of alkyl halides is 3. The first-order valence-electron chi connectivity index (χ1n) is 7.96. The predicted molar refractivity (Wildman–Crippen MR) is 70.4 cm³/mol. The molecule has 116 valence electrons. The van der Waals surface area contributed by atoms with Gasteiger partial charge in [-0.3, -0.25) is 0 Å². The van der Waals surface area contributed by atoms with Crippen LogP contribution in [0, 0.1) is 11.8 Å². The molecule has 1 aliphatic heterocycles. The van der Waals surface area contributed by atoms with Crippen molar-refractivity contribution >= 4 is 0 Å². The van der Waals surface area contributed by atoms with Gasteiger partial charge in [0.1, 0.15) is 0 Å². The number of ether oxygens (including phenoxy) is 1. The van der Waals surface area contributed by atoms with E-state index >= 15 is 0 Å². The van der Waals surface area contributed by atoms with E-state index in [1.54, 1.807) is 0 Å². The lowest BCUT2D eigenvalue weighted by molar-refractivity contribution is -0.184. The van der Waals surface area contributed by atoms with E-state index in [2.05, 4.69) is 5.32 Å². The summed E-state index contributed by atoms with van der Waals surface area (Å²) in [5.74, 6) is -0.387. The lowest BCUT2D eigenvalue weighted by atomic mass is 9.84. The van der Waals surface area contributed by atoms with E-state index in [-0.39, 0.29) is 12.5 Å². The van der Waals surface area contributed by atoms with Crippen molar-refractivity contribution in [2.24, 2.45) is 11.8 Å².